The van der Waals surface area contributed by atoms with Crippen molar-refractivity contribution in [3.63, 3.8) is 0 Å². The van der Waals surface area contributed by atoms with Crippen LogP contribution in [-0.4, -0.2) is 22.9 Å². The van der Waals surface area contributed by atoms with Gasteiger partial charge < -0.3 is 10.6 Å². The maximum Gasteiger partial charge on any atom is 0.188 e. The van der Waals surface area contributed by atoms with Crippen LogP contribution in [0.4, 0.5) is 0 Å². The zero-order valence-electron chi connectivity index (χ0n) is 7.35. The summed E-state index contributed by atoms with van der Waals surface area (Å²) in [5.41, 5.74) is 5.55. The topological polar surface area (TPSA) is 53.1 Å². The molecule has 0 aromatic rings. The third kappa shape index (κ3) is 1.64. The molecule has 1 saturated heterocycles. The Morgan fingerprint density at radius 3 is 2.45 bits per heavy atom. The van der Waals surface area contributed by atoms with E-state index in [1.54, 1.807) is 0 Å². The number of nitrogens with one attached hydrogen (secondary N) is 1. The van der Waals surface area contributed by atoms with Gasteiger partial charge in [-0.25, -0.2) is 0 Å². The Hall–Kier alpha value is -0.730. The monoisotopic (exact) mass is 155 g/mol. The second-order valence-electron chi connectivity index (χ2n) is 3.81. The van der Waals surface area contributed by atoms with E-state index < -0.39 is 0 Å². The van der Waals surface area contributed by atoms with Gasteiger partial charge in [-0.15, -0.1) is 0 Å². The molecule has 0 aromatic carbocycles. The van der Waals surface area contributed by atoms with E-state index >= 15 is 0 Å². The van der Waals surface area contributed by atoms with Crippen LogP contribution in [0.2, 0.25) is 0 Å². The highest BCUT2D eigenvalue weighted by Gasteiger charge is 2.30. The van der Waals surface area contributed by atoms with E-state index in [-0.39, 0.29) is 11.5 Å². The van der Waals surface area contributed by atoms with E-state index in [0.29, 0.717) is 0 Å². The standard InChI is InChI=1S/C8H17N3/c1-8(2)5-3-4-6-11(8)7(9)10/h3-6H2,1-2H3,(H3,9,10). The lowest BCUT2D eigenvalue weighted by atomic mass is 9.91. The van der Waals surface area contributed by atoms with Crippen molar-refractivity contribution in [2.24, 2.45) is 5.73 Å². The maximum absolute atomic E-state index is 7.35. The average molecular weight is 155 g/mol. The van der Waals surface area contributed by atoms with E-state index in [4.69, 9.17) is 11.1 Å². The highest BCUT2D eigenvalue weighted by Crippen LogP contribution is 2.26. The Labute approximate surface area is 68.1 Å². The summed E-state index contributed by atoms with van der Waals surface area (Å²) in [6.45, 7) is 5.24. The summed E-state index contributed by atoms with van der Waals surface area (Å²) < 4.78 is 0. The van der Waals surface area contributed by atoms with Crippen molar-refractivity contribution in [2.75, 3.05) is 6.54 Å². The number of piperidine rings is 1. The number of guanidine groups is 1. The second kappa shape index (κ2) is 2.72. The predicted molar refractivity (Wildman–Crippen MR) is 46.6 cm³/mol. The van der Waals surface area contributed by atoms with Gasteiger partial charge in [0.1, 0.15) is 0 Å². The SMILES string of the molecule is CC1(C)CCCCN1C(=N)N. The molecule has 1 aliphatic heterocycles. The summed E-state index contributed by atoms with van der Waals surface area (Å²) in [6.07, 6.45) is 3.58. The van der Waals surface area contributed by atoms with E-state index in [2.05, 4.69) is 13.8 Å². The van der Waals surface area contributed by atoms with Gasteiger partial charge in [0.05, 0.1) is 0 Å². The molecule has 1 heterocycles. The normalized spacial score (nSPS) is 23.3. The van der Waals surface area contributed by atoms with Gasteiger partial charge in [-0.05, 0) is 33.1 Å². The molecule has 3 N–H and O–H groups in total. The van der Waals surface area contributed by atoms with Crippen LogP contribution in [0.15, 0.2) is 0 Å². The second-order valence-corrected chi connectivity index (χ2v) is 3.81. The molecule has 0 atom stereocenters. The van der Waals surface area contributed by atoms with Gasteiger partial charge >= 0.3 is 0 Å². The highest BCUT2D eigenvalue weighted by atomic mass is 15.3. The minimum atomic E-state index is 0.101. The zero-order valence-corrected chi connectivity index (χ0v) is 7.35. The molecule has 64 valence electrons. The Morgan fingerprint density at radius 2 is 2.09 bits per heavy atom. The summed E-state index contributed by atoms with van der Waals surface area (Å²) >= 11 is 0. The minimum absolute atomic E-state index is 0.101. The van der Waals surface area contributed by atoms with E-state index in [1.165, 1.54) is 12.8 Å². The molecule has 0 amide bonds. The Kier molecular flexibility index (Phi) is 2.07. The van der Waals surface area contributed by atoms with Crippen LogP contribution in [0.1, 0.15) is 33.1 Å². The van der Waals surface area contributed by atoms with Crippen molar-refractivity contribution in [3.8, 4) is 0 Å². The number of nitrogens with two attached hydrogens (primary N) is 1. The Balaban J connectivity index is 2.67. The van der Waals surface area contributed by atoms with Gasteiger partial charge in [-0.1, -0.05) is 0 Å². The lowest BCUT2D eigenvalue weighted by Gasteiger charge is -2.42. The molecule has 0 aromatic heterocycles. The predicted octanol–water partition coefficient (Wildman–Crippen LogP) is 1.14. The van der Waals surface area contributed by atoms with Crippen LogP contribution >= 0.6 is 0 Å². The van der Waals surface area contributed by atoms with Crippen LogP contribution in [0.3, 0.4) is 0 Å². The van der Waals surface area contributed by atoms with Gasteiger partial charge in [0.2, 0.25) is 0 Å². The molecule has 0 spiro atoms. The van der Waals surface area contributed by atoms with E-state index in [0.717, 1.165) is 13.0 Å². The molecule has 0 bridgehead atoms. The van der Waals surface area contributed by atoms with Crippen molar-refractivity contribution in [3.05, 3.63) is 0 Å². The summed E-state index contributed by atoms with van der Waals surface area (Å²) in [5, 5.41) is 7.35. The van der Waals surface area contributed by atoms with Crippen molar-refractivity contribution < 1.29 is 0 Å². The van der Waals surface area contributed by atoms with Crippen LogP contribution in [0.5, 0.6) is 0 Å². The lowest BCUT2D eigenvalue weighted by Crippen LogP contribution is -2.53. The molecule has 1 rings (SSSR count). The highest BCUT2D eigenvalue weighted by molar-refractivity contribution is 5.75. The molecular weight excluding hydrogens is 138 g/mol. The molecule has 0 saturated carbocycles. The van der Waals surface area contributed by atoms with Gasteiger partial charge in [-0.2, -0.15) is 0 Å². The molecule has 0 unspecified atom stereocenters. The molecule has 1 fully saturated rings. The first kappa shape index (κ1) is 8.37. The third-order valence-electron chi connectivity index (χ3n) is 2.44. The van der Waals surface area contributed by atoms with Crippen molar-refractivity contribution >= 4 is 5.96 Å². The fourth-order valence-corrected chi connectivity index (χ4v) is 1.71. The molecular formula is C8H17N3. The van der Waals surface area contributed by atoms with Gasteiger partial charge in [0, 0.05) is 12.1 Å². The number of nitrogens with zero attached hydrogens (tertiary/aromatic N) is 1. The van der Waals surface area contributed by atoms with E-state index in [9.17, 15) is 0 Å². The summed E-state index contributed by atoms with van der Waals surface area (Å²) in [7, 11) is 0. The first-order chi connectivity index (χ1) is 5.04. The fourth-order valence-electron chi connectivity index (χ4n) is 1.71. The van der Waals surface area contributed by atoms with Crippen molar-refractivity contribution in [2.45, 2.75) is 38.6 Å². The van der Waals surface area contributed by atoms with Crippen LogP contribution < -0.4 is 5.73 Å². The largest absolute Gasteiger partial charge is 0.370 e. The zero-order chi connectivity index (χ0) is 8.48. The van der Waals surface area contributed by atoms with E-state index in [1.807, 2.05) is 4.90 Å². The molecule has 3 nitrogen and oxygen atoms in total. The van der Waals surface area contributed by atoms with Crippen LogP contribution in [0, 0.1) is 5.41 Å². The lowest BCUT2D eigenvalue weighted by molar-refractivity contribution is 0.154. The van der Waals surface area contributed by atoms with Crippen LogP contribution in [-0.2, 0) is 0 Å². The minimum Gasteiger partial charge on any atom is -0.370 e. The molecule has 0 aliphatic carbocycles. The number of likely N-dealkylation sites (tertiary alicyclic amines) is 1. The molecule has 3 heteroatoms. The quantitative estimate of drug-likeness (QED) is 0.407. The molecule has 0 radical (unpaired) electrons. The number of hydrogen-bond donors (Lipinski definition) is 2. The van der Waals surface area contributed by atoms with Crippen LogP contribution in [0.25, 0.3) is 0 Å². The van der Waals surface area contributed by atoms with Crippen molar-refractivity contribution in [1.82, 2.24) is 4.90 Å². The summed E-state index contributed by atoms with van der Waals surface area (Å²) in [5.74, 6) is 0.217. The van der Waals surface area contributed by atoms with Gasteiger partial charge in [-0.3, -0.25) is 5.41 Å². The van der Waals surface area contributed by atoms with Crippen molar-refractivity contribution in [1.29, 1.82) is 5.41 Å². The maximum atomic E-state index is 7.35. The fraction of sp³-hybridized carbons (Fsp3) is 0.875. The first-order valence-corrected chi connectivity index (χ1v) is 4.16. The van der Waals surface area contributed by atoms with Gasteiger partial charge in [0.15, 0.2) is 5.96 Å². The molecule has 1 aliphatic rings. The number of rotatable bonds is 0. The first-order valence-electron chi connectivity index (χ1n) is 4.16. The summed E-state index contributed by atoms with van der Waals surface area (Å²) in [4.78, 5) is 1.98. The summed E-state index contributed by atoms with van der Waals surface area (Å²) in [6, 6.07) is 0. The smallest absolute Gasteiger partial charge is 0.188 e. The Bertz CT molecular complexity index is 163. The third-order valence-corrected chi connectivity index (χ3v) is 2.44. The van der Waals surface area contributed by atoms with Gasteiger partial charge in [0.25, 0.3) is 0 Å². The Morgan fingerprint density at radius 1 is 1.45 bits per heavy atom. The molecule has 11 heavy (non-hydrogen) atoms. The average Bonchev–Trinajstić information content (AvgIpc) is 1.85. The number of hydrogen-bond acceptors (Lipinski definition) is 1.